The van der Waals surface area contributed by atoms with Gasteiger partial charge >= 0.3 is 0 Å². The van der Waals surface area contributed by atoms with Crippen molar-refractivity contribution in [2.45, 2.75) is 58.8 Å². The first kappa shape index (κ1) is 14.7. The maximum absolute atomic E-state index is 12.7. The summed E-state index contributed by atoms with van der Waals surface area (Å²) in [6.07, 6.45) is 7.90. The van der Waals surface area contributed by atoms with Crippen LogP contribution in [0.15, 0.2) is 23.3 Å². The fraction of sp³-hybridized carbons (Fsp3) is 0.750. The Balaban J connectivity index is 1.82. The Bertz CT molecular complexity index is 587. The predicted molar refractivity (Wildman–Crippen MR) is 87.3 cm³/mol. The van der Waals surface area contributed by atoms with E-state index in [9.17, 15) is 9.90 Å². The normalized spacial score (nSPS) is 47.5. The molecule has 4 rings (SSSR count). The Morgan fingerprint density at radius 2 is 2.09 bits per heavy atom. The molecule has 0 aromatic heterocycles. The lowest BCUT2D eigenvalue weighted by Gasteiger charge is -2.57. The second kappa shape index (κ2) is 4.56. The summed E-state index contributed by atoms with van der Waals surface area (Å²) in [7, 11) is 0. The van der Waals surface area contributed by atoms with Gasteiger partial charge < -0.3 is 5.11 Å². The van der Waals surface area contributed by atoms with E-state index < -0.39 is 0 Å². The minimum absolute atomic E-state index is 0.0288. The molecular weight excluding hydrogens is 272 g/mol. The lowest BCUT2D eigenvalue weighted by molar-refractivity contribution is -0.118. The summed E-state index contributed by atoms with van der Waals surface area (Å²) < 4.78 is 0. The number of aliphatic hydroxyl groups is 1. The number of carbonyl (C=O) groups is 1. The molecule has 2 saturated carbocycles. The molecule has 0 spiro atoms. The zero-order chi connectivity index (χ0) is 15.7. The first-order valence-electron chi connectivity index (χ1n) is 8.97. The van der Waals surface area contributed by atoms with Gasteiger partial charge in [0.1, 0.15) is 0 Å². The van der Waals surface area contributed by atoms with Gasteiger partial charge in [-0.05, 0) is 66.8 Å². The number of rotatable bonds is 1. The number of allylic oxidation sites excluding steroid dienone is 3. The average molecular weight is 300 g/mol. The number of hydrogen-bond acceptors (Lipinski definition) is 2. The van der Waals surface area contributed by atoms with Crippen LogP contribution in [0.5, 0.6) is 0 Å². The summed E-state index contributed by atoms with van der Waals surface area (Å²) in [6.45, 7) is 9.03. The molecule has 0 aromatic carbocycles. The van der Waals surface area contributed by atoms with E-state index in [1.165, 1.54) is 24.8 Å². The molecule has 4 aliphatic rings. The maximum Gasteiger partial charge on any atom is 0.165 e. The van der Waals surface area contributed by atoms with Crippen LogP contribution in [0.2, 0.25) is 0 Å². The predicted octanol–water partition coefficient (Wildman–Crippen LogP) is 4.05. The van der Waals surface area contributed by atoms with Crippen molar-refractivity contribution in [1.82, 2.24) is 0 Å². The Kier molecular flexibility index (Phi) is 3.05. The van der Waals surface area contributed by atoms with Crippen molar-refractivity contribution < 1.29 is 9.90 Å². The molecule has 5 atom stereocenters. The van der Waals surface area contributed by atoms with Crippen LogP contribution in [0.3, 0.4) is 0 Å². The summed E-state index contributed by atoms with van der Waals surface area (Å²) in [5.41, 5.74) is 4.11. The van der Waals surface area contributed by atoms with Crippen LogP contribution in [0.1, 0.15) is 58.8 Å². The van der Waals surface area contributed by atoms with E-state index in [1.807, 2.05) is 0 Å². The summed E-state index contributed by atoms with van der Waals surface area (Å²) in [6, 6.07) is 0. The van der Waals surface area contributed by atoms with Crippen LogP contribution in [0, 0.1) is 28.6 Å². The standard InChI is InChI=1S/C20H28O2/c1-12-14-9-13-5-6-16-19(2,11-21)7-4-8-20(16,3)17(13)15(10-14)18(12)22/h14-16,21H,1,4-11H2,2-3H3/t14-,15-,16+,19+,20+/m0/s1. The molecule has 2 bridgehead atoms. The number of Topliss-reactive ketones (excluding diaryl/α,β-unsaturated/α-hetero) is 1. The van der Waals surface area contributed by atoms with Crippen molar-refractivity contribution in [2.75, 3.05) is 6.61 Å². The van der Waals surface area contributed by atoms with E-state index in [-0.39, 0.29) is 23.4 Å². The Hall–Kier alpha value is -0.890. The zero-order valence-corrected chi connectivity index (χ0v) is 14.0. The molecule has 120 valence electrons. The highest BCUT2D eigenvalue weighted by Crippen LogP contribution is 2.64. The van der Waals surface area contributed by atoms with E-state index in [1.54, 1.807) is 5.57 Å². The smallest absolute Gasteiger partial charge is 0.165 e. The van der Waals surface area contributed by atoms with Gasteiger partial charge in [0.2, 0.25) is 0 Å². The third-order valence-electron chi connectivity index (χ3n) is 7.63. The highest BCUT2D eigenvalue weighted by atomic mass is 16.3. The topological polar surface area (TPSA) is 37.3 Å². The molecule has 1 N–H and O–H groups in total. The highest BCUT2D eigenvalue weighted by molar-refractivity contribution is 6.02. The Labute approximate surface area is 133 Å². The number of fused-ring (bicyclic) bond motifs is 5. The van der Waals surface area contributed by atoms with Crippen LogP contribution < -0.4 is 0 Å². The van der Waals surface area contributed by atoms with Gasteiger partial charge in [0, 0.05) is 12.5 Å². The molecule has 0 aliphatic heterocycles. The lowest BCUT2D eigenvalue weighted by Crippen LogP contribution is -2.50. The molecule has 0 unspecified atom stereocenters. The van der Waals surface area contributed by atoms with Crippen molar-refractivity contribution in [2.24, 2.45) is 28.6 Å². The Morgan fingerprint density at radius 3 is 2.82 bits per heavy atom. The minimum Gasteiger partial charge on any atom is -0.396 e. The molecule has 2 heteroatoms. The van der Waals surface area contributed by atoms with Crippen LogP contribution in [-0.2, 0) is 4.79 Å². The molecule has 2 fully saturated rings. The van der Waals surface area contributed by atoms with E-state index in [4.69, 9.17) is 0 Å². The van der Waals surface area contributed by atoms with Gasteiger partial charge in [-0.1, -0.05) is 38.0 Å². The van der Waals surface area contributed by atoms with Gasteiger partial charge in [0.05, 0.1) is 0 Å². The quantitative estimate of drug-likeness (QED) is 0.586. The molecule has 0 amide bonds. The van der Waals surface area contributed by atoms with Crippen molar-refractivity contribution in [3.63, 3.8) is 0 Å². The first-order valence-corrected chi connectivity index (χ1v) is 8.97. The van der Waals surface area contributed by atoms with Crippen molar-refractivity contribution >= 4 is 5.78 Å². The van der Waals surface area contributed by atoms with Gasteiger partial charge in [-0.15, -0.1) is 0 Å². The monoisotopic (exact) mass is 300 g/mol. The Morgan fingerprint density at radius 1 is 1.32 bits per heavy atom. The number of hydrogen-bond donors (Lipinski definition) is 1. The fourth-order valence-corrected chi connectivity index (χ4v) is 6.58. The van der Waals surface area contributed by atoms with Crippen LogP contribution in [-0.4, -0.2) is 17.5 Å². The molecular formula is C20H28O2. The van der Waals surface area contributed by atoms with Crippen LogP contribution in [0.25, 0.3) is 0 Å². The van der Waals surface area contributed by atoms with Crippen molar-refractivity contribution in [3.8, 4) is 0 Å². The van der Waals surface area contributed by atoms with Gasteiger partial charge in [-0.3, -0.25) is 4.79 Å². The SMILES string of the molecule is C=C1C(=O)[C@H]2C[C@@H]1CC1=C2[C@]2(C)CCC[C@](C)(CO)[C@H]2CC1. The molecule has 4 aliphatic carbocycles. The van der Waals surface area contributed by atoms with E-state index in [0.29, 0.717) is 17.6 Å². The zero-order valence-electron chi connectivity index (χ0n) is 14.0. The summed E-state index contributed by atoms with van der Waals surface area (Å²) >= 11 is 0. The number of aliphatic hydroxyl groups excluding tert-OH is 1. The van der Waals surface area contributed by atoms with Crippen molar-refractivity contribution in [1.29, 1.82) is 0 Å². The van der Waals surface area contributed by atoms with Crippen LogP contribution in [0.4, 0.5) is 0 Å². The number of carbonyl (C=O) groups excluding carboxylic acids is 1. The summed E-state index contributed by atoms with van der Waals surface area (Å²) in [5.74, 6) is 1.39. The van der Waals surface area contributed by atoms with Gasteiger partial charge in [0.25, 0.3) is 0 Å². The van der Waals surface area contributed by atoms with E-state index in [0.717, 1.165) is 31.3 Å². The molecule has 22 heavy (non-hydrogen) atoms. The lowest BCUT2D eigenvalue weighted by atomic mass is 9.47. The summed E-state index contributed by atoms with van der Waals surface area (Å²) in [5, 5.41) is 10.0. The third kappa shape index (κ3) is 1.68. The van der Waals surface area contributed by atoms with Crippen LogP contribution >= 0.6 is 0 Å². The van der Waals surface area contributed by atoms with Gasteiger partial charge in [-0.2, -0.15) is 0 Å². The molecule has 0 aromatic rings. The van der Waals surface area contributed by atoms with E-state index >= 15 is 0 Å². The summed E-state index contributed by atoms with van der Waals surface area (Å²) in [4.78, 5) is 12.7. The third-order valence-corrected chi connectivity index (χ3v) is 7.63. The molecule has 0 saturated heterocycles. The largest absolute Gasteiger partial charge is 0.396 e. The molecule has 2 nitrogen and oxygen atoms in total. The first-order chi connectivity index (χ1) is 10.4. The molecule has 0 radical (unpaired) electrons. The minimum atomic E-state index is 0.0288. The average Bonchev–Trinajstić information content (AvgIpc) is 2.71. The fourth-order valence-electron chi connectivity index (χ4n) is 6.58. The second-order valence-corrected chi connectivity index (χ2v) is 8.77. The van der Waals surface area contributed by atoms with E-state index in [2.05, 4.69) is 20.4 Å². The molecule has 0 heterocycles. The van der Waals surface area contributed by atoms with Gasteiger partial charge in [0.15, 0.2) is 5.78 Å². The van der Waals surface area contributed by atoms with Gasteiger partial charge in [-0.25, -0.2) is 0 Å². The number of ketones is 1. The van der Waals surface area contributed by atoms with Crippen molar-refractivity contribution in [3.05, 3.63) is 23.3 Å². The highest BCUT2D eigenvalue weighted by Gasteiger charge is 2.57. The maximum atomic E-state index is 12.7. The second-order valence-electron chi connectivity index (χ2n) is 8.77.